The SMILES string of the molecule is Cc1ccc2c(=O)n3cc(C)ccc3nc2c1. The van der Waals surface area contributed by atoms with Gasteiger partial charge < -0.3 is 0 Å². The van der Waals surface area contributed by atoms with Gasteiger partial charge in [-0.3, -0.25) is 9.20 Å². The Balaban J connectivity index is 2.57. The zero-order chi connectivity index (χ0) is 12.0. The van der Waals surface area contributed by atoms with Gasteiger partial charge in [-0.05, 0) is 43.2 Å². The van der Waals surface area contributed by atoms with E-state index in [1.165, 1.54) is 0 Å². The highest BCUT2D eigenvalue weighted by molar-refractivity contribution is 5.80. The molecular weight excluding hydrogens is 212 g/mol. The van der Waals surface area contributed by atoms with Gasteiger partial charge in [0.05, 0.1) is 10.9 Å². The summed E-state index contributed by atoms with van der Waals surface area (Å²) in [7, 11) is 0. The van der Waals surface area contributed by atoms with Crippen molar-refractivity contribution in [2.24, 2.45) is 0 Å². The van der Waals surface area contributed by atoms with Crippen molar-refractivity contribution in [1.29, 1.82) is 0 Å². The Hall–Kier alpha value is -2.16. The first-order valence-electron chi connectivity index (χ1n) is 5.54. The summed E-state index contributed by atoms with van der Waals surface area (Å²) in [4.78, 5) is 16.8. The molecule has 0 aliphatic heterocycles. The molecule has 2 aromatic heterocycles. The van der Waals surface area contributed by atoms with Crippen molar-refractivity contribution in [3.8, 4) is 0 Å². The van der Waals surface area contributed by atoms with E-state index < -0.39 is 0 Å². The molecule has 1 aromatic carbocycles. The van der Waals surface area contributed by atoms with E-state index in [0.29, 0.717) is 11.0 Å². The van der Waals surface area contributed by atoms with Crippen LogP contribution in [0.2, 0.25) is 0 Å². The third-order valence-electron chi connectivity index (χ3n) is 2.91. The number of benzene rings is 1. The Bertz CT molecular complexity index is 787. The quantitative estimate of drug-likeness (QED) is 0.550. The first-order chi connectivity index (χ1) is 8.15. The lowest BCUT2D eigenvalue weighted by molar-refractivity contribution is 1.06. The molecular formula is C14H12N2O. The summed E-state index contributed by atoms with van der Waals surface area (Å²) in [5.41, 5.74) is 3.61. The van der Waals surface area contributed by atoms with Crippen molar-refractivity contribution in [1.82, 2.24) is 9.38 Å². The van der Waals surface area contributed by atoms with Crippen molar-refractivity contribution in [3.63, 3.8) is 0 Å². The summed E-state index contributed by atoms with van der Waals surface area (Å²) < 4.78 is 1.60. The van der Waals surface area contributed by atoms with Gasteiger partial charge in [-0.1, -0.05) is 12.1 Å². The van der Waals surface area contributed by atoms with Crippen LogP contribution in [0.4, 0.5) is 0 Å². The number of rotatable bonds is 0. The maximum atomic E-state index is 12.3. The number of hydrogen-bond acceptors (Lipinski definition) is 2. The van der Waals surface area contributed by atoms with Crippen LogP contribution in [0.25, 0.3) is 16.6 Å². The molecule has 0 saturated heterocycles. The van der Waals surface area contributed by atoms with E-state index in [0.717, 1.165) is 16.6 Å². The normalized spacial score (nSPS) is 11.2. The van der Waals surface area contributed by atoms with E-state index in [-0.39, 0.29) is 5.56 Å². The Morgan fingerprint density at radius 2 is 1.82 bits per heavy atom. The van der Waals surface area contributed by atoms with Gasteiger partial charge in [0.2, 0.25) is 0 Å². The lowest BCUT2D eigenvalue weighted by atomic mass is 10.2. The summed E-state index contributed by atoms with van der Waals surface area (Å²) in [6, 6.07) is 9.56. The Morgan fingerprint density at radius 3 is 2.65 bits per heavy atom. The molecule has 3 nitrogen and oxygen atoms in total. The average Bonchev–Trinajstić information content (AvgIpc) is 2.30. The summed E-state index contributed by atoms with van der Waals surface area (Å²) >= 11 is 0. The number of pyridine rings is 1. The van der Waals surface area contributed by atoms with E-state index in [1.807, 2.05) is 50.4 Å². The second kappa shape index (κ2) is 3.42. The number of nitrogens with zero attached hydrogens (tertiary/aromatic N) is 2. The van der Waals surface area contributed by atoms with Crippen LogP contribution >= 0.6 is 0 Å². The topological polar surface area (TPSA) is 34.4 Å². The van der Waals surface area contributed by atoms with Gasteiger partial charge in [0.25, 0.3) is 5.56 Å². The first kappa shape index (κ1) is 10.0. The second-order valence-electron chi connectivity index (χ2n) is 4.37. The lowest BCUT2D eigenvalue weighted by Gasteiger charge is -2.04. The molecule has 0 bridgehead atoms. The van der Waals surface area contributed by atoms with Crippen molar-refractivity contribution >= 4 is 16.6 Å². The molecule has 3 heteroatoms. The minimum Gasteiger partial charge on any atom is -0.268 e. The van der Waals surface area contributed by atoms with Gasteiger partial charge in [-0.15, -0.1) is 0 Å². The van der Waals surface area contributed by atoms with Gasteiger partial charge in [0, 0.05) is 6.20 Å². The van der Waals surface area contributed by atoms with Crippen LogP contribution in [0.3, 0.4) is 0 Å². The summed E-state index contributed by atoms with van der Waals surface area (Å²) in [6.45, 7) is 3.96. The molecule has 0 saturated carbocycles. The largest absolute Gasteiger partial charge is 0.268 e. The van der Waals surface area contributed by atoms with Crippen LogP contribution in [0.1, 0.15) is 11.1 Å². The second-order valence-corrected chi connectivity index (χ2v) is 4.37. The number of aryl methyl sites for hydroxylation is 2. The number of aromatic nitrogens is 2. The molecule has 3 rings (SSSR count). The Kier molecular flexibility index (Phi) is 2.01. The highest BCUT2D eigenvalue weighted by Gasteiger charge is 2.04. The monoisotopic (exact) mass is 224 g/mol. The van der Waals surface area contributed by atoms with Gasteiger partial charge in [0.1, 0.15) is 5.65 Å². The van der Waals surface area contributed by atoms with Crippen molar-refractivity contribution in [2.45, 2.75) is 13.8 Å². The minimum atomic E-state index is -0.00583. The van der Waals surface area contributed by atoms with E-state index >= 15 is 0 Å². The molecule has 84 valence electrons. The summed E-state index contributed by atoms with van der Waals surface area (Å²) in [5, 5.41) is 0.665. The standard InChI is InChI=1S/C14H12N2O/c1-9-3-5-11-12(7-9)15-13-6-4-10(2)8-16(13)14(11)17/h3-8H,1-2H3. The predicted molar refractivity (Wildman–Crippen MR) is 68.4 cm³/mol. The molecule has 0 spiro atoms. The van der Waals surface area contributed by atoms with Gasteiger partial charge in [0.15, 0.2) is 0 Å². The predicted octanol–water partition coefficient (Wildman–Crippen LogP) is 2.46. The van der Waals surface area contributed by atoms with E-state index in [2.05, 4.69) is 4.98 Å². The first-order valence-corrected chi connectivity index (χ1v) is 5.54. The van der Waals surface area contributed by atoms with Crippen molar-refractivity contribution in [2.75, 3.05) is 0 Å². The van der Waals surface area contributed by atoms with Gasteiger partial charge in [-0.25, -0.2) is 4.98 Å². The molecule has 0 N–H and O–H groups in total. The molecule has 0 fully saturated rings. The summed E-state index contributed by atoms with van der Waals surface area (Å²) in [6.07, 6.45) is 1.82. The third-order valence-corrected chi connectivity index (χ3v) is 2.91. The van der Waals surface area contributed by atoms with Gasteiger partial charge in [-0.2, -0.15) is 0 Å². The Labute approximate surface area is 98.4 Å². The molecule has 3 aromatic rings. The molecule has 2 heterocycles. The molecule has 0 atom stereocenters. The lowest BCUT2D eigenvalue weighted by Crippen LogP contribution is -2.15. The third kappa shape index (κ3) is 1.51. The molecule has 0 unspecified atom stereocenters. The van der Waals surface area contributed by atoms with E-state index in [4.69, 9.17) is 0 Å². The van der Waals surface area contributed by atoms with Crippen LogP contribution < -0.4 is 5.56 Å². The molecule has 0 aliphatic carbocycles. The zero-order valence-electron chi connectivity index (χ0n) is 9.77. The maximum absolute atomic E-state index is 12.3. The molecule has 0 amide bonds. The Morgan fingerprint density at radius 1 is 1.06 bits per heavy atom. The van der Waals surface area contributed by atoms with Crippen LogP contribution in [0, 0.1) is 13.8 Å². The molecule has 0 aliphatic rings. The minimum absolute atomic E-state index is 0.00583. The number of fused-ring (bicyclic) bond motifs is 2. The van der Waals surface area contributed by atoms with Gasteiger partial charge >= 0.3 is 0 Å². The van der Waals surface area contributed by atoms with E-state index in [1.54, 1.807) is 4.40 Å². The average molecular weight is 224 g/mol. The number of hydrogen-bond donors (Lipinski definition) is 0. The van der Waals surface area contributed by atoms with Crippen LogP contribution in [0.5, 0.6) is 0 Å². The highest BCUT2D eigenvalue weighted by Crippen LogP contribution is 2.12. The van der Waals surface area contributed by atoms with Crippen LogP contribution in [-0.2, 0) is 0 Å². The fourth-order valence-corrected chi connectivity index (χ4v) is 2.02. The van der Waals surface area contributed by atoms with Crippen LogP contribution in [0.15, 0.2) is 41.3 Å². The fourth-order valence-electron chi connectivity index (χ4n) is 2.02. The molecule has 17 heavy (non-hydrogen) atoms. The highest BCUT2D eigenvalue weighted by atomic mass is 16.1. The molecule has 0 radical (unpaired) electrons. The van der Waals surface area contributed by atoms with E-state index in [9.17, 15) is 4.79 Å². The summed E-state index contributed by atoms with van der Waals surface area (Å²) in [5.74, 6) is 0. The smallest absolute Gasteiger partial charge is 0.265 e. The van der Waals surface area contributed by atoms with Crippen LogP contribution in [-0.4, -0.2) is 9.38 Å². The maximum Gasteiger partial charge on any atom is 0.265 e. The fraction of sp³-hybridized carbons (Fsp3) is 0.143. The van der Waals surface area contributed by atoms with Crippen molar-refractivity contribution < 1.29 is 0 Å². The zero-order valence-corrected chi connectivity index (χ0v) is 9.77. The van der Waals surface area contributed by atoms with Crippen molar-refractivity contribution in [3.05, 3.63) is 58.0 Å².